The topological polar surface area (TPSA) is 72.7 Å². The standard InChI is InChI=1S/C22H17F2N5O/c1-13-18(12-29(28-13)21-8-5-16(23)11-19(21)24)20-9-10-25-22(27-20)26-17-6-3-15(4-7-17)14(2)30/h3-12H,1-2H3,(H,25,26,27). The number of ketones is 1. The highest BCUT2D eigenvalue weighted by molar-refractivity contribution is 5.94. The molecule has 4 rings (SSSR count). The van der Waals surface area contributed by atoms with Crippen LogP contribution in [-0.4, -0.2) is 25.5 Å². The van der Waals surface area contributed by atoms with Crippen molar-refractivity contribution in [2.75, 3.05) is 5.32 Å². The normalized spacial score (nSPS) is 10.8. The molecule has 0 saturated heterocycles. The summed E-state index contributed by atoms with van der Waals surface area (Å²) in [5.41, 5.74) is 3.41. The van der Waals surface area contributed by atoms with Crippen molar-refractivity contribution in [3.63, 3.8) is 0 Å². The molecule has 0 radical (unpaired) electrons. The number of nitrogens with one attached hydrogen (secondary N) is 1. The van der Waals surface area contributed by atoms with Gasteiger partial charge >= 0.3 is 0 Å². The highest BCUT2D eigenvalue weighted by atomic mass is 19.1. The maximum atomic E-state index is 14.1. The van der Waals surface area contributed by atoms with Crippen LogP contribution in [0.2, 0.25) is 0 Å². The highest BCUT2D eigenvalue weighted by Crippen LogP contribution is 2.25. The molecular formula is C22H17F2N5O. The predicted molar refractivity (Wildman–Crippen MR) is 109 cm³/mol. The molecule has 0 aliphatic heterocycles. The van der Waals surface area contributed by atoms with Gasteiger partial charge in [0.05, 0.1) is 11.4 Å². The van der Waals surface area contributed by atoms with Crippen LogP contribution in [0.15, 0.2) is 60.9 Å². The summed E-state index contributed by atoms with van der Waals surface area (Å²) in [6, 6.07) is 12.0. The van der Waals surface area contributed by atoms with E-state index in [2.05, 4.69) is 20.4 Å². The number of benzene rings is 2. The van der Waals surface area contributed by atoms with Crippen molar-refractivity contribution in [1.82, 2.24) is 19.7 Å². The average molecular weight is 405 g/mol. The smallest absolute Gasteiger partial charge is 0.227 e. The number of Topliss-reactive ketones (excluding diaryl/α,β-unsaturated/α-hetero) is 1. The largest absolute Gasteiger partial charge is 0.324 e. The second kappa shape index (κ2) is 7.82. The van der Waals surface area contributed by atoms with Gasteiger partial charge in [0, 0.05) is 35.3 Å². The summed E-state index contributed by atoms with van der Waals surface area (Å²) in [6.07, 6.45) is 3.24. The molecule has 4 aromatic rings. The van der Waals surface area contributed by atoms with E-state index in [0.717, 1.165) is 11.8 Å². The first-order chi connectivity index (χ1) is 14.4. The van der Waals surface area contributed by atoms with Gasteiger partial charge in [-0.2, -0.15) is 5.10 Å². The van der Waals surface area contributed by atoms with Crippen LogP contribution in [-0.2, 0) is 0 Å². The lowest BCUT2D eigenvalue weighted by molar-refractivity contribution is 0.101. The van der Waals surface area contributed by atoms with Gasteiger partial charge in [0.15, 0.2) is 11.6 Å². The van der Waals surface area contributed by atoms with E-state index in [1.807, 2.05) is 0 Å². The fourth-order valence-corrected chi connectivity index (χ4v) is 2.99. The van der Waals surface area contributed by atoms with E-state index in [0.29, 0.717) is 28.5 Å². The molecule has 2 aromatic carbocycles. The molecule has 30 heavy (non-hydrogen) atoms. The van der Waals surface area contributed by atoms with Crippen molar-refractivity contribution in [3.05, 3.63) is 83.8 Å². The quantitative estimate of drug-likeness (QED) is 0.480. The molecule has 2 heterocycles. The fourth-order valence-electron chi connectivity index (χ4n) is 2.99. The second-order valence-corrected chi connectivity index (χ2v) is 6.69. The van der Waals surface area contributed by atoms with E-state index in [-0.39, 0.29) is 11.5 Å². The third-order valence-electron chi connectivity index (χ3n) is 4.53. The Balaban J connectivity index is 1.62. The first kappa shape index (κ1) is 19.4. The first-order valence-electron chi connectivity index (χ1n) is 9.14. The Bertz CT molecular complexity index is 1230. The van der Waals surface area contributed by atoms with Crippen molar-refractivity contribution in [2.24, 2.45) is 0 Å². The number of hydrogen-bond donors (Lipinski definition) is 1. The molecule has 8 heteroatoms. The van der Waals surface area contributed by atoms with Crippen molar-refractivity contribution >= 4 is 17.4 Å². The molecule has 1 N–H and O–H groups in total. The van der Waals surface area contributed by atoms with Crippen molar-refractivity contribution in [2.45, 2.75) is 13.8 Å². The number of aryl methyl sites for hydroxylation is 1. The number of hydrogen-bond acceptors (Lipinski definition) is 5. The minimum Gasteiger partial charge on any atom is -0.324 e. The van der Waals surface area contributed by atoms with E-state index in [9.17, 15) is 13.6 Å². The van der Waals surface area contributed by atoms with Gasteiger partial charge in [0.2, 0.25) is 5.95 Å². The van der Waals surface area contributed by atoms with Crippen molar-refractivity contribution < 1.29 is 13.6 Å². The molecule has 0 atom stereocenters. The van der Waals surface area contributed by atoms with Crippen LogP contribution >= 0.6 is 0 Å². The summed E-state index contributed by atoms with van der Waals surface area (Å²) in [7, 11) is 0. The van der Waals surface area contributed by atoms with Gasteiger partial charge in [-0.3, -0.25) is 4.79 Å². The summed E-state index contributed by atoms with van der Waals surface area (Å²) in [5.74, 6) is -1.00. The molecular weight excluding hydrogens is 388 g/mol. The van der Waals surface area contributed by atoms with E-state index in [4.69, 9.17) is 0 Å². The number of carbonyl (C=O) groups excluding carboxylic acids is 1. The van der Waals surface area contributed by atoms with E-state index < -0.39 is 11.6 Å². The second-order valence-electron chi connectivity index (χ2n) is 6.69. The molecule has 6 nitrogen and oxygen atoms in total. The summed E-state index contributed by atoms with van der Waals surface area (Å²) in [6.45, 7) is 3.29. The Morgan fingerprint density at radius 2 is 1.83 bits per heavy atom. The van der Waals surface area contributed by atoms with Crippen LogP contribution in [0.25, 0.3) is 16.9 Å². The van der Waals surface area contributed by atoms with Crippen molar-refractivity contribution in [1.29, 1.82) is 0 Å². The number of halogens is 2. The zero-order valence-electron chi connectivity index (χ0n) is 16.2. The minimum absolute atomic E-state index is 0.00937. The van der Waals surface area contributed by atoms with Crippen LogP contribution in [0, 0.1) is 18.6 Å². The third kappa shape index (κ3) is 3.93. The van der Waals surface area contributed by atoms with Crippen LogP contribution < -0.4 is 5.32 Å². The summed E-state index contributed by atoms with van der Waals surface area (Å²) in [4.78, 5) is 20.1. The molecule has 150 valence electrons. The molecule has 0 bridgehead atoms. The Morgan fingerprint density at radius 3 is 2.53 bits per heavy atom. The Hall–Kier alpha value is -3.94. The zero-order chi connectivity index (χ0) is 21.3. The molecule has 0 spiro atoms. The predicted octanol–water partition coefficient (Wildman–Crippen LogP) is 4.86. The van der Waals surface area contributed by atoms with Gasteiger partial charge < -0.3 is 5.32 Å². The molecule has 0 fully saturated rings. The van der Waals surface area contributed by atoms with E-state index in [1.54, 1.807) is 49.6 Å². The van der Waals surface area contributed by atoms with E-state index >= 15 is 0 Å². The lowest BCUT2D eigenvalue weighted by Crippen LogP contribution is -1.99. The number of nitrogens with zero attached hydrogens (tertiary/aromatic N) is 4. The van der Waals surface area contributed by atoms with Gasteiger partial charge in [-0.15, -0.1) is 0 Å². The molecule has 0 aliphatic carbocycles. The molecule has 0 unspecified atom stereocenters. The van der Waals surface area contributed by atoms with Gasteiger partial charge in [-0.1, -0.05) is 0 Å². The highest BCUT2D eigenvalue weighted by Gasteiger charge is 2.14. The Morgan fingerprint density at radius 1 is 1.07 bits per heavy atom. The SMILES string of the molecule is CC(=O)c1ccc(Nc2nccc(-c3cn(-c4ccc(F)cc4F)nc3C)n2)cc1. The van der Waals surface area contributed by atoms with Gasteiger partial charge in [-0.05, 0) is 56.3 Å². The van der Waals surface area contributed by atoms with Crippen molar-refractivity contribution in [3.8, 4) is 16.9 Å². The summed E-state index contributed by atoms with van der Waals surface area (Å²) >= 11 is 0. The lowest BCUT2D eigenvalue weighted by Gasteiger charge is -2.07. The van der Waals surface area contributed by atoms with Crippen LogP contribution in [0.4, 0.5) is 20.4 Å². The molecule has 0 amide bonds. The van der Waals surface area contributed by atoms with Gasteiger partial charge in [0.25, 0.3) is 0 Å². The number of rotatable bonds is 5. The molecule has 0 aliphatic rings. The first-order valence-corrected chi connectivity index (χ1v) is 9.14. The van der Waals surface area contributed by atoms with Gasteiger partial charge in [-0.25, -0.2) is 23.4 Å². The summed E-state index contributed by atoms with van der Waals surface area (Å²) < 4.78 is 28.7. The number of aromatic nitrogens is 4. The fraction of sp³-hybridized carbons (Fsp3) is 0.0909. The van der Waals surface area contributed by atoms with Gasteiger partial charge in [0.1, 0.15) is 11.5 Å². The minimum atomic E-state index is -0.705. The average Bonchev–Trinajstić information content (AvgIpc) is 3.10. The number of carbonyl (C=O) groups is 1. The number of anilines is 2. The maximum absolute atomic E-state index is 14.1. The Labute approximate surface area is 171 Å². The Kier molecular flexibility index (Phi) is 5.05. The third-order valence-corrected chi connectivity index (χ3v) is 4.53. The van der Waals surface area contributed by atoms with Crippen LogP contribution in [0.3, 0.4) is 0 Å². The van der Waals surface area contributed by atoms with Crippen LogP contribution in [0.1, 0.15) is 23.0 Å². The molecule has 0 saturated carbocycles. The monoisotopic (exact) mass is 405 g/mol. The van der Waals surface area contributed by atoms with E-state index in [1.165, 1.54) is 23.7 Å². The summed E-state index contributed by atoms with van der Waals surface area (Å²) in [5, 5.41) is 7.42. The molecule has 2 aromatic heterocycles. The zero-order valence-corrected chi connectivity index (χ0v) is 16.2. The maximum Gasteiger partial charge on any atom is 0.227 e. The van der Waals surface area contributed by atoms with Crippen LogP contribution in [0.5, 0.6) is 0 Å². The lowest BCUT2D eigenvalue weighted by atomic mass is 10.1.